The smallest absolute Gasteiger partial charge is 0.257 e. The summed E-state index contributed by atoms with van der Waals surface area (Å²) >= 11 is 0. The van der Waals surface area contributed by atoms with E-state index in [9.17, 15) is 9.18 Å². The van der Waals surface area contributed by atoms with Crippen LogP contribution in [0.25, 0.3) is 0 Å². The van der Waals surface area contributed by atoms with Crippen LogP contribution < -0.4 is 15.4 Å². The molecule has 0 saturated heterocycles. The Morgan fingerprint density at radius 1 is 1.52 bits per heavy atom. The Balaban J connectivity index is 2.53. The zero-order valence-electron chi connectivity index (χ0n) is 12.3. The molecule has 6 heteroatoms. The Kier molecular flexibility index (Phi) is 7.19. The number of benzene rings is 1. The summed E-state index contributed by atoms with van der Waals surface area (Å²) in [4.78, 5) is 11.4. The Hall–Kier alpha value is -2.13. The molecule has 0 heterocycles. The molecule has 0 bridgehead atoms. The van der Waals surface area contributed by atoms with Crippen LogP contribution in [-0.4, -0.2) is 25.6 Å². The van der Waals surface area contributed by atoms with Crippen LogP contribution in [0.2, 0.25) is 0 Å². The number of carbonyl (C=O) groups is 1. The third-order valence-electron chi connectivity index (χ3n) is 2.88. The van der Waals surface area contributed by atoms with Gasteiger partial charge in [-0.2, -0.15) is 5.26 Å². The molecule has 5 nitrogen and oxygen atoms in total. The predicted molar refractivity (Wildman–Crippen MR) is 77.2 cm³/mol. The maximum atomic E-state index is 13.9. The number of amides is 1. The molecular formula is C15H20FN3O2. The first kappa shape index (κ1) is 16.9. The molecule has 0 spiro atoms. The van der Waals surface area contributed by atoms with Gasteiger partial charge in [-0.1, -0.05) is 13.0 Å². The SMILES string of the molecule is CCNC(C)c1ccc(OCC(=O)NCCC#N)c(F)c1. The first-order valence-electron chi connectivity index (χ1n) is 6.87. The summed E-state index contributed by atoms with van der Waals surface area (Å²) in [5.41, 5.74) is 0.820. The monoisotopic (exact) mass is 293 g/mol. The summed E-state index contributed by atoms with van der Waals surface area (Å²) in [5.74, 6) is -0.838. The molecular weight excluding hydrogens is 273 g/mol. The van der Waals surface area contributed by atoms with E-state index in [0.29, 0.717) is 0 Å². The lowest BCUT2D eigenvalue weighted by molar-refractivity contribution is -0.123. The largest absolute Gasteiger partial charge is 0.481 e. The maximum absolute atomic E-state index is 13.9. The first-order chi connectivity index (χ1) is 10.1. The van der Waals surface area contributed by atoms with Crippen molar-refractivity contribution >= 4 is 5.91 Å². The van der Waals surface area contributed by atoms with E-state index in [4.69, 9.17) is 10.00 Å². The average Bonchev–Trinajstić information content (AvgIpc) is 2.46. The Labute approximate surface area is 124 Å². The lowest BCUT2D eigenvalue weighted by atomic mass is 10.1. The van der Waals surface area contributed by atoms with Gasteiger partial charge in [0.2, 0.25) is 0 Å². The second-order valence-electron chi connectivity index (χ2n) is 4.52. The first-order valence-corrected chi connectivity index (χ1v) is 6.87. The maximum Gasteiger partial charge on any atom is 0.257 e. The van der Waals surface area contributed by atoms with E-state index in [1.165, 1.54) is 12.1 Å². The normalized spacial score (nSPS) is 11.5. The lowest BCUT2D eigenvalue weighted by Crippen LogP contribution is -2.29. The summed E-state index contributed by atoms with van der Waals surface area (Å²) in [6.45, 7) is 4.71. The zero-order chi connectivity index (χ0) is 15.7. The Morgan fingerprint density at radius 3 is 2.90 bits per heavy atom. The molecule has 0 fully saturated rings. The highest BCUT2D eigenvalue weighted by Gasteiger charge is 2.10. The van der Waals surface area contributed by atoms with E-state index in [-0.39, 0.29) is 37.3 Å². The second-order valence-corrected chi connectivity index (χ2v) is 4.52. The number of hydrogen-bond acceptors (Lipinski definition) is 4. The van der Waals surface area contributed by atoms with Gasteiger partial charge in [0.15, 0.2) is 18.2 Å². The van der Waals surface area contributed by atoms with Crippen LogP contribution in [-0.2, 0) is 4.79 Å². The number of nitriles is 1. The quantitative estimate of drug-likeness (QED) is 0.718. The third kappa shape index (κ3) is 5.79. The van der Waals surface area contributed by atoms with Gasteiger partial charge in [-0.25, -0.2) is 4.39 Å². The van der Waals surface area contributed by atoms with Crippen molar-refractivity contribution in [3.8, 4) is 11.8 Å². The second kappa shape index (κ2) is 8.93. The van der Waals surface area contributed by atoms with Gasteiger partial charge in [0.05, 0.1) is 12.5 Å². The Bertz CT molecular complexity index is 514. The van der Waals surface area contributed by atoms with Crippen LogP contribution in [0.3, 0.4) is 0 Å². The number of nitrogens with one attached hydrogen (secondary N) is 2. The van der Waals surface area contributed by atoms with Crippen LogP contribution in [0.5, 0.6) is 5.75 Å². The van der Waals surface area contributed by atoms with Gasteiger partial charge >= 0.3 is 0 Å². The van der Waals surface area contributed by atoms with E-state index < -0.39 is 5.82 Å². The minimum absolute atomic E-state index is 0.0397. The van der Waals surface area contributed by atoms with Gasteiger partial charge < -0.3 is 15.4 Å². The molecule has 0 radical (unpaired) electrons. The molecule has 1 unspecified atom stereocenters. The molecule has 0 saturated carbocycles. The summed E-state index contributed by atoms with van der Waals surface area (Å²) < 4.78 is 19.0. The fourth-order valence-electron chi connectivity index (χ4n) is 1.78. The molecule has 114 valence electrons. The minimum atomic E-state index is -0.498. The molecule has 21 heavy (non-hydrogen) atoms. The molecule has 1 atom stereocenters. The molecule has 1 rings (SSSR count). The van der Waals surface area contributed by atoms with Crippen LogP contribution in [0.1, 0.15) is 31.9 Å². The van der Waals surface area contributed by atoms with E-state index >= 15 is 0 Å². The van der Waals surface area contributed by atoms with Gasteiger partial charge in [-0.3, -0.25) is 4.79 Å². The average molecular weight is 293 g/mol. The number of nitrogens with zero attached hydrogens (tertiary/aromatic N) is 1. The molecule has 1 aromatic rings. The third-order valence-corrected chi connectivity index (χ3v) is 2.88. The van der Waals surface area contributed by atoms with Crippen molar-refractivity contribution in [1.82, 2.24) is 10.6 Å². The number of rotatable bonds is 8. The van der Waals surface area contributed by atoms with Crippen LogP contribution in [0.15, 0.2) is 18.2 Å². The molecule has 0 aliphatic rings. The zero-order valence-corrected chi connectivity index (χ0v) is 12.3. The molecule has 1 aromatic carbocycles. The van der Waals surface area contributed by atoms with E-state index in [2.05, 4.69) is 10.6 Å². The van der Waals surface area contributed by atoms with Crippen LogP contribution >= 0.6 is 0 Å². The van der Waals surface area contributed by atoms with Gasteiger partial charge in [0.1, 0.15) is 0 Å². The van der Waals surface area contributed by atoms with Gasteiger partial charge in [-0.05, 0) is 31.2 Å². The highest BCUT2D eigenvalue weighted by atomic mass is 19.1. The molecule has 2 N–H and O–H groups in total. The molecule has 1 amide bonds. The summed E-state index contributed by atoms with van der Waals surface area (Å²) in [5, 5.41) is 14.0. The fourth-order valence-corrected chi connectivity index (χ4v) is 1.78. The topological polar surface area (TPSA) is 74.2 Å². The van der Waals surface area contributed by atoms with Gasteiger partial charge in [-0.15, -0.1) is 0 Å². The van der Waals surface area contributed by atoms with Crippen LogP contribution in [0.4, 0.5) is 4.39 Å². The van der Waals surface area contributed by atoms with Crippen molar-refractivity contribution < 1.29 is 13.9 Å². The number of halogens is 1. The van der Waals surface area contributed by atoms with E-state index in [0.717, 1.165) is 12.1 Å². The summed E-state index contributed by atoms with van der Waals surface area (Å²) in [6.07, 6.45) is 0.233. The standard InChI is InChI=1S/C15H20FN3O2/c1-3-18-11(2)12-5-6-14(13(16)9-12)21-10-15(20)19-8-4-7-17/h5-6,9,11,18H,3-4,8,10H2,1-2H3,(H,19,20). The fraction of sp³-hybridized carbons (Fsp3) is 0.467. The van der Waals surface area contributed by atoms with Crippen molar-refractivity contribution in [1.29, 1.82) is 5.26 Å². The van der Waals surface area contributed by atoms with Crippen molar-refractivity contribution in [2.45, 2.75) is 26.3 Å². The predicted octanol–water partition coefficient (Wildman–Crippen LogP) is 1.90. The minimum Gasteiger partial charge on any atom is -0.481 e. The highest BCUT2D eigenvalue weighted by molar-refractivity contribution is 5.77. The number of ether oxygens (including phenoxy) is 1. The number of carbonyl (C=O) groups excluding carboxylic acids is 1. The molecule has 0 aliphatic heterocycles. The van der Waals surface area contributed by atoms with Crippen molar-refractivity contribution in [2.24, 2.45) is 0 Å². The van der Waals surface area contributed by atoms with Crippen molar-refractivity contribution in [3.63, 3.8) is 0 Å². The number of hydrogen-bond donors (Lipinski definition) is 2. The summed E-state index contributed by atoms with van der Waals surface area (Å²) in [7, 11) is 0. The Morgan fingerprint density at radius 2 is 2.29 bits per heavy atom. The van der Waals surface area contributed by atoms with E-state index in [1.54, 1.807) is 6.07 Å². The van der Waals surface area contributed by atoms with Crippen LogP contribution in [0, 0.1) is 17.1 Å². The van der Waals surface area contributed by atoms with Crippen molar-refractivity contribution in [3.05, 3.63) is 29.6 Å². The summed E-state index contributed by atoms with van der Waals surface area (Å²) in [6, 6.07) is 6.64. The van der Waals surface area contributed by atoms with E-state index in [1.807, 2.05) is 19.9 Å². The van der Waals surface area contributed by atoms with Gasteiger partial charge in [0.25, 0.3) is 5.91 Å². The molecule has 0 aliphatic carbocycles. The lowest BCUT2D eigenvalue weighted by Gasteiger charge is -2.14. The van der Waals surface area contributed by atoms with Crippen molar-refractivity contribution in [2.75, 3.05) is 19.7 Å². The molecule has 0 aromatic heterocycles. The van der Waals surface area contributed by atoms with Gasteiger partial charge in [0, 0.05) is 12.6 Å². The highest BCUT2D eigenvalue weighted by Crippen LogP contribution is 2.21.